The molecule has 0 bridgehead atoms. The number of hydrogen-bond donors (Lipinski definition) is 2. The number of carbonyl (C=O) groups excluding carboxylic acids is 1. The minimum absolute atomic E-state index is 0.0339. The Morgan fingerprint density at radius 2 is 2.11 bits per heavy atom. The molecular weight excluding hydrogens is 310 g/mol. The van der Waals surface area contributed by atoms with Gasteiger partial charge < -0.3 is 5.32 Å². The van der Waals surface area contributed by atoms with E-state index in [0.717, 1.165) is 11.3 Å². The lowest BCUT2D eigenvalue weighted by molar-refractivity contribution is -0.121. The van der Waals surface area contributed by atoms with E-state index in [1.165, 1.54) is 0 Å². The van der Waals surface area contributed by atoms with E-state index in [1.807, 2.05) is 13.8 Å². The maximum absolute atomic E-state index is 11.9. The van der Waals surface area contributed by atoms with Crippen molar-refractivity contribution in [3.8, 4) is 0 Å². The summed E-state index contributed by atoms with van der Waals surface area (Å²) < 4.78 is 26.5. The second kappa shape index (κ2) is 6.65. The highest BCUT2D eigenvalue weighted by atomic mass is 35.5. The second-order valence-electron chi connectivity index (χ2n) is 4.21. The summed E-state index contributed by atoms with van der Waals surface area (Å²) in [5, 5.41) is 2.68. The third-order valence-electron chi connectivity index (χ3n) is 2.07. The predicted molar refractivity (Wildman–Crippen MR) is 74.9 cm³/mol. The third-order valence-corrected chi connectivity index (χ3v) is 5.40. The van der Waals surface area contributed by atoms with E-state index in [0.29, 0.717) is 5.69 Å². The number of hydrogen-bond acceptors (Lipinski definition) is 5. The van der Waals surface area contributed by atoms with Gasteiger partial charge in [0.25, 0.3) is 10.0 Å². The van der Waals surface area contributed by atoms with Crippen LogP contribution in [-0.2, 0) is 14.8 Å². The lowest BCUT2D eigenvalue weighted by atomic mass is 10.3. The smallest absolute Gasteiger partial charge is 0.251 e. The van der Waals surface area contributed by atoms with Gasteiger partial charge in [0.15, 0.2) is 8.68 Å². The molecule has 0 aromatic carbocycles. The van der Waals surface area contributed by atoms with Crippen LogP contribution in [0.15, 0.2) is 4.21 Å². The molecular formula is C10H16ClN3O3S2. The number of nitrogens with one attached hydrogen (secondary N) is 2. The molecule has 0 spiro atoms. The van der Waals surface area contributed by atoms with Crippen LogP contribution in [0.5, 0.6) is 0 Å². The quantitative estimate of drug-likeness (QED) is 0.825. The maximum Gasteiger partial charge on any atom is 0.251 e. The molecule has 9 heteroatoms. The van der Waals surface area contributed by atoms with Gasteiger partial charge in [-0.05, 0) is 20.8 Å². The van der Waals surface area contributed by atoms with E-state index in [-0.39, 0.29) is 33.6 Å². The Balaban J connectivity index is 2.57. The van der Waals surface area contributed by atoms with Gasteiger partial charge in [-0.25, -0.2) is 18.1 Å². The van der Waals surface area contributed by atoms with Crippen LogP contribution in [0.2, 0.25) is 4.47 Å². The van der Waals surface area contributed by atoms with Crippen LogP contribution in [0.3, 0.4) is 0 Å². The molecule has 2 N–H and O–H groups in total. The number of aromatic nitrogens is 1. The molecule has 1 heterocycles. The fourth-order valence-corrected chi connectivity index (χ4v) is 4.17. The molecule has 0 aliphatic heterocycles. The number of sulfonamides is 1. The summed E-state index contributed by atoms with van der Waals surface area (Å²) in [6, 6.07) is 0.0339. The SMILES string of the molecule is Cc1nc(Cl)sc1S(=O)(=O)NCCC(=O)NC(C)C. The molecule has 0 aliphatic rings. The van der Waals surface area contributed by atoms with E-state index < -0.39 is 10.0 Å². The fraction of sp³-hybridized carbons (Fsp3) is 0.600. The van der Waals surface area contributed by atoms with E-state index in [9.17, 15) is 13.2 Å². The van der Waals surface area contributed by atoms with Crippen LogP contribution in [0.1, 0.15) is 26.0 Å². The molecule has 6 nitrogen and oxygen atoms in total. The number of rotatable bonds is 6. The van der Waals surface area contributed by atoms with Crippen molar-refractivity contribution in [3.05, 3.63) is 10.2 Å². The Bertz CT molecular complexity index is 554. The molecule has 0 aliphatic carbocycles. The largest absolute Gasteiger partial charge is 0.354 e. The highest BCUT2D eigenvalue weighted by Gasteiger charge is 2.21. The van der Waals surface area contributed by atoms with Gasteiger partial charge >= 0.3 is 0 Å². The van der Waals surface area contributed by atoms with Crippen molar-refractivity contribution < 1.29 is 13.2 Å². The first-order chi connectivity index (χ1) is 8.72. The lowest BCUT2D eigenvalue weighted by Crippen LogP contribution is -2.34. The number of nitrogens with zero attached hydrogens (tertiary/aromatic N) is 1. The van der Waals surface area contributed by atoms with E-state index in [4.69, 9.17) is 11.6 Å². The summed E-state index contributed by atoms with van der Waals surface area (Å²) in [7, 11) is -3.65. The van der Waals surface area contributed by atoms with Gasteiger partial charge in [0.05, 0.1) is 5.69 Å². The first-order valence-corrected chi connectivity index (χ1v) is 8.32. The summed E-state index contributed by atoms with van der Waals surface area (Å²) in [4.78, 5) is 15.2. The van der Waals surface area contributed by atoms with Crippen LogP contribution >= 0.6 is 22.9 Å². The maximum atomic E-state index is 11.9. The van der Waals surface area contributed by atoms with Gasteiger partial charge in [0, 0.05) is 19.0 Å². The van der Waals surface area contributed by atoms with Gasteiger partial charge in [-0.2, -0.15) is 0 Å². The van der Waals surface area contributed by atoms with Crippen molar-refractivity contribution in [1.82, 2.24) is 15.0 Å². The summed E-state index contributed by atoms with van der Waals surface area (Å²) in [5.74, 6) is -0.197. The normalized spacial score (nSPS) is 11.8. The topological polar surface area (TPSA) is 88.2 Å². The Morgan fingerprint density at radius 3 is 2.58 bits per heavy atom. The zero-order valence-electron chi connectivity index (χ0n) is 10.9. The average Bonchev–Trinajstić information content (AvgIpc) is 2.57. The third kappa shape index (κ3) is 5.06. The van der Waals surface area contributed by atoms with Gasteiger partial charge in [0.2, 0.25) is 5.91 Å². The summed E-state index contributed by atoms with van der Waals surface area (Å²) in [6.07, 6.45) is 0.0863. The first-order valence-electron chi connectivity index (χ1n) is 5.64. The van der Waals surface area contributed by atoms with E-state index >= 15 is 0 Å². The predicted octanol–water partition coefficient (Wildman–Crippen LogP) is 1.30. The monoisotopic (exact) mass is 325 g/mol. The van der Waals surface area contributed by atoms with Crippen molar-refractivity contribution in [3.63, 3.8) is 0 Å². The van der Waals surface area contributed by atoms with E-state index in [1.54, 1.807) is 6.92 Å². The first kappa shape index (κ1) is 16.4. The number of carbonyl (C=O) groups is 1. The molecule has 0 saturated carbocycles. The van der Waals surface area contributed by atoms with E-state index in [2.05, 4.69) is 15.0 Å². The van der Waals surface area contributed by atoms with Crippen molar-refractivity contribution in [1.29, 1.82) is 0 Å². The van der Waals surface area contributed by atoms with Crippen LogP contribution < -0.4 is 10.0 Å². The van der Waals surface area contributed by atoms with Crippen LogP contribution in [0.25, 0.3) is 0 Å². The Hall–Kier alpha value is -0.700. The van der Waals surface area contributed by atoms with Crippen molar-refractivity contribution in [2.45, 2.75) is 37.4 Å². The molecule has 108 valence electrons. The van der Waals surface area contributed by atoms with Crippen LogP contribution in [0.4, 0.5) is 0 Å². The Morgan fingerprint density at radius 1 is 1.47 bits per heavy atom. The Labute approximate surface area is 121 Å². The average molecular weight is 326 g/mol. The summed E-state index contributed by atoms with van der Waals surface area (Å²) in [5.41, 5.74) is 0.356. The zero-order valence-corrected chi connectivity index (χ0v) is 13.2. The lowest BCUT2D eigenvalue weighted by Gasteiger charge is -2.08. The van der Waals surface area contributed by atoms with Gasteiger partial charge in [-0.3, -0.25) is 4.79 Å². The molecule has 0 radical (unpaired) electrons. The minimum Gasteiger partial charge on any atom is -0.354 e. The van der Waals surface area contributed by atoms with Crippen LogP contribution in [-0.4, -0.2) is 31.9 Å². The number of thiazole rings is 1. The minimum atomic E-state index is -3.65. The Kier molecular flexibility index (Phi) is 5.72. The standard InChI is InChI=1S/C10H16ClN3O3S2/c1-6(2)13-8(15)4-5-12-19(16,17)9-7(3)14-10(11)18-9/h6,12H,4-5H2,1-3H3,(H,13,15). The highest BCUT2D eigenvalue weighted by molar-refractivity contribution is 7.91. The molecule has 1 aromatic heterocycles. The molecule has 0 fully saturated rings. The molecule has 0 unspecified atom stereocenters. The number of amides is 1. The molecule has 0 atom stereocenters. The zero-order chi connectivity index (χ0) is 14.6. The molecule has 19 heavy (non-hydrogen) atoms. The summed E-state index contributed by atoms with van der Waals surface area (Å²) in [6.45, 7) is 5.29. The molecule has 0 saturated heterocycles. The van der Waals surface area contributed by atoms with Gasteiger partial charge in [-0.15, -0.1) is 0 Å². The molecule has 1 amide bonds. The van der Waals surface area contributed by atoms with Crippen molar-refractivity contribution in [2.24, 2.45) is 0 Å². The van der Waals surface area contributed by atoms with Crippen LogP contribution in [0, 0.1) is 6.92 Å². The molecule has 1 aromatic rings. The number of halogens is 1. The second-order valence-corrected chi connectivity index (χ2v) is 7.75. The van der Waals surface area contributed by atoms with Gasteiger partial charge in [-0.1, -0.05) is 22.9 Å². The highest BCUT2D eigenvalue weighted by Crippen LogP contribution is 2.26. The molecule has 1 rings (SSSR count). The van der Waals surface area contributed by atoms with Gasteiger partial charge in [0.1, 0.15) is 0 Å². The summed E-state index contributed by atoms with van der Waals surface area (Å²) >= 11 is 6.56. The number of aryl methyl sites for hydroxylation is 1. The van der Waals surface area contributed by atoms with Crippen molar-refractivity contribution in [2.75, 3.05) is 6.54 Å². The fourth-order valence-electron chi connectivity index (χ4n) is 1.36. The van der Waals surface area contributed by atoms with Crippen molar-refractivity contribution >= 4 is 38.9 Å².